The summed E-state index contributed by atoms with van der Waals surface area (Å²) in [7, 11) is 1.68. The van der Waals surface area contributed by atoms with Crippen molar-refractivity contribution in [3.8, 4) is 16.9 Å². The summed E-state index contributed by atoms with van der Waals surface area (Å²) in [6, 6.07) is 10.1. The maximum atomic E-state index is 6.31. The zero-order chi connectivity index (χ0) is 22.2. The van der Waals surface area contributed by atoms with Crippen molar-refractivity contribution in [3.63, 3.8) is 0 Å². The third-order valence-corrected chi connectivity index (χ3v) is 5.71. The minimum atomic E-state index is 0.439. The lowest BCUT2D eigenvalue weighted by molar-refractivity contribution is 0.415. The van der Waals surface area contributed by atoms with E-state index in [4.69, 9.17) is 10.5 Å². The Morgan fingerprint density at radius 1 is 1.06 bits per heavy atom. The van der Waals surface area contributed by atoms with Crippen molar-refractivity contribution in [3.05, 3.63) is 59.7 Å². The van der Waals surface area contributed by atoms with Gasteiger partial charge in [0.25, 0.3) is 0 Å². The highest BCUT2D eigenvalue weighted by molar-refractivity contribution is 5.87. The first kappa shape index (κ1) is 19.9. The summed E-state index contributed by atoms with van der Waals surface area (Å²) in [5, 5.41) is 4.43. The SMILES string of the molecule is COc1ccc2[nH]cc(CCNc3ncc(-c4cc5nc(C)[nH]c5cc4C)c(N)n3)c2c1. The fourth-order valence-corrected chi connectivity index (χ4v) is 4.07. The van der Waals surface area contributed by atoms with Crippen LogP contribution in [0.1, 0.15) is 17.0 Å². The van der Waals surface area contributed by atoms with Gasteiger partial charge in [0.15, 0.2) is 0 Å². The first-order chi connectivity index (χ1) is 15.5. The largest absolute Gasteiger partial charge is 0.497 e. The van der Waals surface area contributed by atoms with Gasteiger partial charge in [-0.3, -0.25) is 0 Å². The van der Waals surface area contributed by atoms with E-state index in [1.165, 1.54) is 5.56 Å². The molecule has 5 aromatic rings. The first-order valence-corrected chi connectivity index (χ1v) is 10.5. The van der Waals surface area contributed by atoms with E-state index in [1.807, 2.05) is 44.3 Å². The summed E-state index contributed by atoms with van der Waals surface area (Å²) in [6.45, 7) is 4.67. The fraction of sp³-hybridized carbons (Fsp3) is 0.208. The van der Waals surface area contributed by atoms with Gasteiger partial charge in [-0.25, -0.2) is 9.97 Å². The van der Waals surface area contributed by atoms with Gasteiger partial charge < -0.3 is 25.8 Å². The maximum Gasteiger partial charge on any atom is 0.224 e. The van der Waals surface area contributed by atoms with Gasteiger partial charge in [0.05, 0.1) is 18.1 Å². The molecular formula is C24H25N7O. The highest BCUT2D eigenvalue weighted by Gasteiger charge is 2.12. The van der Waals surface area contributed by atoms with Gasteiger partial charge >= 0.3 is 0 Å². The summed E-state index contributed by atoms with van der Waals surface area (Å²) in [4.78, 5) is 20.1. The van der Waals surface area contributed by atoms with Gasteiger partial charge in [0.2, 0.25) is 5.95 Å². The number of nitrogens with zero attached hydrogens (tertiary/aromatic N) is 3. The molecule has 8 nitrogen and oxygen atoms in total. The van der Waals surface area contributed by atoms with Crippen molar-refractivity contribution >= 4 is 33.7 Å². The molecule has 0 unspecified atom stereocenters. The van der Waals surface area contributed by atoms with Crippen molar-refractivity contribution in [1.82, 2.24) is 24.9 Å². The molecule has 0 aliphatic rings. The van der Waals surface area contributed by atoms with E-state index in [0.717, 1.165) is 56.6 Å². The number of fused-ring (bicyclic) bond motifs is 2. The average molecular weight is 428 g/mol. The summed E-state index contributed by atoms with van der Waals surface area (Å²) in [5.41, 5.74) is 13.4. The number of nitrogen functional groups attached to an aromatic ring is 1. The zero-order valence-corrected chi connectivity index (χ0v) is 18.3. The molecule has 0 radical (unpaired) electrons. The predicted octanol–water partition coefficient (Wildman–Crippen LogP) is 4.36. The number of aromatic nitrogens is 5. The zero-order valence-electron chi connectivity index (χ0n) is 18.3. The number of imidazole rings is 1. The smallest absolute Gasteiger partial charge is 0.224 e. The van der Waals surface area contributed by atoms with E-state index >= 15 is 0 Å². The number of benzene rings is 2. The Labute approximate surface area is 185 Å². The highest BCUT2D eigenvalue weighted by atomic mass is 16.5. The first-order valence-electron chi connectivity index (χ1n) is 10.5. The van der Waals surface area contributed by atoms with Crippen LogP contribution in [0.3, 0.4) is 0 Å². The minimum absolute atomic E-state index is 0.439. The van der Waals surface area contributed by atoms with Crippen molar-refractivity contribution in [2.75, 3.05) is 24.7 Å². The summed E-state index contributed by atoms with van der Waals surface area (Å²) in [6.07, 6.45) is 4.61. The molecule has 162 valence electrons. The second-order valence-electron chi connectivity index (χ2n) is 7.90. The number of hydrogen-bond donors (Lipinski definition) is 4. The lowest BCUT2D eigenvalue weighted by Crippen LogP contribution is -2.09. The molecule has 5 rings (SSSR count). The molecule has 0 atom stereocenters. The number of anilines is 2. The molecule has 0 aliphatic heterocycles. The van der Waals surface area contributed by atoms with Crippen LogP contribution in [0.4, 0.5) is 11.8 Å². The molecule has 3 heterocycles. The molecule has 0 saturated carbocycles. The molecule has 0 bridgehead atoms. The molecule has 0 amide bonds. The second kappa shape index (κ2) is 7.88. The van der Waals surface area contributed by atoms with Crippen LogP contribution in [0, 0.1) is 13.8 Å². The van der Waals surface area contributed by atoms with Crippen LogP contribution < -0.4 is 15.8 Å². The van der Waals surface area contributed by atoms with Gasteiger partial charge in [-0.05, 0) is 67.3 Å². The number of aromatic amines is 2. The van der Waals surface area contributed by atoms with Crippen LogP contribution in [-0.2, 0) is 6.42 Å². The maximum absolute atomic E-state index is 6.31. The van der Waals surface area contributed by atoms with Crippen molar-refractivity contribution in [1.29, 1.82) is 0 Å². The number of ether oxygens (including phenoxy) is 1. The van der Waals surface area contributed by atoms with E-state index in [9.17, 15) is 0 Å². The lowest BCUT2D eigenvalue weighted by atomic mass is 10.0. The molecule has 8 heteroatoms. The Kier molecular flexibility index (Phi) is 4.89. The van der Waals surface area contributed by atoms with Crippen LogP contribution in [0.15, 0.2) is 42.7 Å². The quantitative estimate of drug-likeness (QED) is 0.320. The number of rotatable bonds is 6. The normalized spacial score (nSPS) is 11.3. The van der Waals surface area contributed by atoms with E-state index in [-0.39, 0.29) is 0 Å². The predicted molar refractivity (Wildman–Crippen MR) is 128 cm³/mol. The van der Waals surface area contributed by atoms with E-state index < -0.39 is 0 Å². The topological polar surface area (TPSA) is 118 Å². The van der Waals surface area contributed by atoms with E-state index in [2.05, 4.69) is 36.3 Å². The van der Waals surface area contributed by atoms with E-state index in [0.29, 0.717) is 18.3 Å². The third kappa shape index (κ3) is 3.60. The van der Waals surface area contributed by atoms with Gasteiger partial charge in [-0.2, -0.15) is 4.98 Å². The number of hydrogen-bond acceptors (Lipinski definition) is 6. The Morgan fingerprint density at radius 3 is 2.75 bits per heavy atom. The third-order valence-electron chi connectivity index (χ3n) is 5.71. The molecule has 0 fully saturated rings. The van der Waals surface area contributed by atoms with Crippen molar-refractivity contribution < 1.29 is 4.74 Å². The summed E-state index contributed by atoms with van der Waals surface area (Å²) >= 11 is 0. The molecule has 2 aromatic carbocycles. The fourth-order valence-electron chi connectivity index (χ4n) is 4.07. The average Bonchev–Trinajstić information content (AvgIpc) is 3.35. The Morgan fingerprint density at radius 2 is 1.94 bits per heavy atom. The van der Waals surface area contributed by atoms with Crippen LogP contribution in [0.5, 0.6) is 5.75 Å². The number of aryl methyl sites for hydroxylation is 2. The van der Waals surface area contributed by atoms with Crippen molar-refractivity contribution in [2.24, 2.45) is 0 Å². The molecule has 0 aliphatic carbocycles. The second-order valence-corrected chi connectivity index (χ2v) is 7.90. The van der Waals surface area contributed by atoms with E-state index in [1.54, 1.807) is 13.3 Å². The number of methoxy groups -OCH3 is 1. The lowest BCUT2D eigenvalue weighted by Gasteiger charge is -2.11. The highest BCUT2D eigenvalue weighted by Crippen LogP contribution is 2.31. The van der Waals surface area contributed by atoms with Crippen LogP contribution in [0.25, 0.3) is 33.1 Å². The standard InChI is InChI=1S/C24H25N7O/c1-13-8-21-22(30-14(2)29-21)10-17(13)19-12-28-24(31-23(19)25)26-7-6-15-11-27-20-5-4-16(32-3)9-18(15)20/h4-5,8-12,27H,6-7H2,1-3H3,(H,29,30)(H3,25,26,28,31). The Hall–Kier alpha value is -4.07. The Bertz CT molecular complexity index is 1430. The number of nitrogens with two attached hydrogens (primary N) is 1. The van der Waals surface area contributed by atoms with Gasteiger partial charge in [0.1, 0.15) is 17.4 Å². The Balaban J connectivity index is 1.32. The number of nitrogens with one attached hydrogen (secondary N) is 3. The molecular weight excluding hydrogens is 402 g/mol. The molecule has 3 aromatic heterocycles. The molecule has 0 saturated heterocycles. The molecule has 5 N–H and O–H groups in total. The van der Waals surface area contributed by atoms with Crippen molar-refractivity contribution in [2.45, 2.75) is 20.3 Å². The summed E-state index contributed by atoms with van der Waals surface area (Å²) < 4.78 is 5.35. The summed E-state index contributed by atoms with van der Waals surface area (Å²) in [5.74, 6) is 2.68. The molecule has 0 spiro atoms. The van der Waals surface area contributed by atoms with Gasteiger partial charge in [-0.15, -0.1) is 0 Å². The monoisotopic (exact) mass is 427 g/mol. The van der Waals surface area contributed by atoms with Crippen LogP contribution >= 0.6 is 0 Å². The van der Waals surface area contributed by atoms with Crippen LogP contribution in [-0.4, -0.2) is 38.6 Å². The van der Waals surface area contributed by atoms with Gasteiger partial charge in [-0.1, -0.05) is 0 Å². The van der Waals surface area contributed by atoms with Crippen LogP contribution in [0.2, 0.25) is 0 Å². The van der Waals surface area contributed by atoms with Gasteiger partial charge in [0, 0.05) is 35.4 Å². The number of H-pyrrole nitrogens is 2. The minimum Gasteiger partial charge on any atom is -0.497 e. The molecule has 32 heavy (non-hydrogen) atoms.